The summed E-state index contributed by atoms with van der Waals surface area (Å²) in [5.41, 5.74) is 2.54. The van der Waals surface area contributed by atoms with Crippen LogP contribution in [0.25, 0.3) is 11.3 Å². The normalized spacial score (nSPS) is 23.6. The van der Waals surface area contributed by atoms with Crippen molar-refractivity contribution in [1.29, 1.82) is 0 Å². The Morgan fingerprint density at radius 3 is 2.71 bits per heavy atom. The molecular formula is C23H20N4O4S3. The number of hydrogen-bond acceptors (Lipinski definition) is 8. The summed E-state index contributed by atoms with van der Waals surface area (Å²) in [6.45, 7) is 0.0682. The van der Waals surface area contributed by atoms with E-state index >= 15 is 0 Å². The van der Waals surface area contributed by atoms with E-state index in [1.54, 1.807) is 17.3 Å². The van der Waals surface area contributed by atoms with Crippen molar-refractivity contribution in [2.75, 3.05) is 12.3 Å². The first-order valence-electron chi connectivity index (χ1n) is 10.5. The van der Waals surface area contributed by atoms with E-state index in [9.17, 15) is 19.5 Å². The van der Waals surface area contributed by atoms with Gasteiger partial charge in [-0.05, 0) is 17.7 Å². The number of carboxylic acid groups (broad SMARTS) is 1. The molecule has 2 fully saturated rings. The van der Waals surface area contributed by atoms with Gasteiger partial charge in [0.1, 0.15) is 16.2 Å². The van der Waals surface area contributed by atoms with Crippen molar-refractivity contribution < 1.29 is 19.5 Å². The van der Waals surface area contributed by atoms with Gasteiger partial charge in [-0.1, -0.05) is 42.1 Å². The quantitative estimate of drug-likeness (QED) is 0.465. The molecule has 3 atom stereocenters. The first-order valence-corrected chi connectivity index (χ1v) is 13.2. The Morgan fingerprint density at radius 1 is 1.21 bits per heavy atom. The van der Waals surface area contributed by atoms with Crippen molar-refractivity contribution in [3.8, 4) is 11.3 Å². The molecule has 5 rings (SSSR count). The van der Waals surface area contributed by atoms with Gasteiger partial charge in [0, 0.05) is 35.6 Å². The molecule has 1 aromatic carbocycles. The molecule has 0 aliphatic carbocycles. The second-order valence-electron chi connectivity index (χ2n) is 8.01. The van der Waals surface area contributed by atoms with Crippen LogP contribution in [-0.4, -0.2) is 66.2 Å². The van der Waals surface area contributed by atoms with Crippen LogP contribution in [0.2, 0.25) is 0 Å². The lowest BCUT2D eigenvalue weighted by molar-refractivity contribution is -0.152. The summed E-state index contributed by atoms with van der Waals surface area (Å²) in [7, 11) is 0. The molecule has 2 saturated heterocycles. The standard InChI is InChI=1S/C23H20N4O4S3/c28-17(10-14-4-2-1-3-5-14)26-18-19(29)27-12-23(21(30)31,13-33-20(18)27)34-22-25-16(11-32-22)15-6-8-24-9-7-15/h1-9,11,18,20H,10,12-13H2,(H,26,28)(H,30,31)/t18-,20-,23?/m1/s1. The minimum absolute atomic E-state index is 0.0682. The number of nitrogens with one attached hydrogen (secondary N) is 1. The van der Waals surface area contributed by atoms with Crippen molar-refractivity contribution in [3.63, 3.8) is 0 Å². The molecule has 2 amide bonds. The molecule has 2 aromatic heterocycles. The molecule has 2 aliphatic heterocycles. The summed E-state index contributed by atoms with van der Waals surface area (Å²) in [6, 6.07) is 12.4. The van der Waals surface area contributed by atoms with E-state index in [1.165, 1.54) is 34.9 Å². The van der Waals surface area contributed by atoms with Crippen LogP contribution in [-0.2, 0) is 20.8 Å². The largest absolute Gasteiger partial charge is 0.480 e. The molecule has 0 bridgehead atoms. The molecule has 3 aromatic rings. The second-order valence-corrected chi connectivity index (χ2v) is 11.6. The first kappa shape index (κ1) is 22.9. The third kappa shape index (κ3) is 4.42. The van der Waals surface area contributed by atoms with Crippen LogP contribution in [0.5, 0.6) is 0 Å². The van der Waals surface area contributed by atoms with Gasteiger partial charge in [-0.25, -0.2) is 4.98 Å². The van der Waals surface area contributed by atoms with Crippen molar-refractivity contribution in [2.45, 2.75) is 26.9 Å². The van der Waals surface area contributed by atoms with Gasteiger partial charge in [-0.2, -0.15) is 0 Å². The number of fused-ring (bicyclic) bond motifs is 1. The molecule has 2 N–H and O–H groups in total. The molecular weight excluding hydrogens is 492 g/mol. The fourth-order valence-electron chi connectivity index (χ4n) is 3.92. The molecule has 1 unspecified atom stereocenters. The van der Waals surface area contributed by atoms with Gasteiger partial charge in [0.05, 0.1) is 12.1 Å². The lowest BCUT2D eigenvalue weighted by atomic mass is 10.0. The van der Waals surface area contributed by atoms with E-state index in [-0.39, 0.29) is 30.2 Å². The van der Waals surface area contributed by atoms with Crippen LogP contribution < -0.4 is 5.32 Å². The van der Waals surface area contributed by atoms with E-state index in [1.807, 2.05) is 47.8 Å². The van der Waals surface area contributed by atoms with Gasteiger partial charge < -0.3 is 15.3 Å². The minimum Gasteiger partial charge on any atom is -0.480 e. The zero-order chi connectivity index (χ0) is 23.7. The van der Waals surface area contributed by atoms with Crippen LogP contribution in [0.1, 0.15) is 5.56 Å². The van der Waals surface area contributed by atoms with Crippen LogP contribution in [0.15, 0.2) is 64.6 Å². The number of nitrogens with zero attached hydrogens (tertiary/aromatic N) is 3. The Hall–Kier alpha value is -2.89. The summed E-state index contributed by atoms with van der Waals surface area (Å²) < 4.78 is -0.572. The maximum absolute atomic E-state index is 12.8. The monoisotopic (exact) mass is 512 g/mol. The predicted octanol–water partition coefficient (Wildman–Crippen LogP) is 2.76. The number of amides is 2. The highest BCUT2D eigenvalue weighted by Crippen LogP contribution is 2.47. The van der Waals surface area contributed by atoms with Crippen LogP contribution in [0.4, 0.5) is 0 Å². The SMILES string of the molecule is O=C(Cc1ccccc1)N[C@@H]1C(=O)N2CC(Sc3nc(-c4ccncc4)cs3)(C(=O)O)CS[C@H]12. The molecule has 11 heteroatoms. The number of benzene rings is 1. The number of rotatable bonds is 7. The Morgan fingerprint density at radius 2 is 1.97 bits per heavy atom. The summed E-state index contributed by atoms with van der Waals surface area (Å²) in [6.07, 6.45) is 3.56. The molecule has 4 heterocycles. The fraction of sp³-hybridized carbons (Fsp3) is 0.261. The van der Waals surface area contributed by atoms with E-state index in [0.29, 0.717) is 10.1 Å². The molecule has 0 radical (unpaired) electrons. The van der Waals surface area contributed by atoms with Gasteiger partial charge >= 0.3 is 5.97 Å². The highest BCUT2D eigenvalue weighted by Gasteiger charge is 2.58. The minimum atomic E-state index is -1.21. The number of aliphatic carboxylic acids is 1. The third-order valence-electron chi connectivity index (χ3n) is 5.71. The van der Waals surface area contributed by atoms with Crippen molar-refractivity contribution in [3.05, 3.63) is 65.8 Å². The molecule has 34 heavy (non-hydrogen) atoms. The van der Waals surface area contributed by atoms with E-state index in [0.717, 1.165) is 16.8 Å². The summed E-state index contributed by atoms with van der Waals surface area (Å²) in [5, 5.41) is 14.5. The second kappa shape index (κ2) is 9.40. The number of carbonyl (C=O) groups excluding carboxylic acids is 2. The van der Waals surface area contributed by atoms with E-state index < -0.39 is 16.8 Å². The molecule has 0 saturated carbocycles. The molecule has 0 spiro atoms. The van der Waals surface area contributed by atoms with E-state index in [4.69, 9.17) is 0 Å². The number of thioether (sulfide) groups is 2. The Labute approximate surface area is 208 Å². The van der Waals surface area contributed by atoms with Gasteiger partial charge in [0.2, 0.25) is 11.8 Å². The molecule has 8 nitrogen and oxygen atoms in total. The van der Waals surface area contributed by atoms with Crippen molar-refractivity contribution in [2.24, 2.45) is 0 Å². The highest BCUT2D eigenvalue weighted by molar-refractivity contribution is 8.06. The molecule has 2 aliphatic rings. The Bertz CT molecular complexity index is 1220. The first-order chi connectivity index (χ1) is 16.4. The number of carbonyl (C=O) groups is 3. The zero-order valence-corrected chi connectivity index (χ0v) is 20.2. The number of hydrogen-bond donors (Lipinski definition) is 2. The number of carboxylic acids is 1. The average molecular weight is 513 g/mol. The number of thiazole rings is 1. The maximum Gasteiger partial charge on any atom is 0.322 e. The number of β-lactam (4-membered cyclic amide) rings is 1. The van der Waals surface area contributed by atoms with Gasteiger partial charge in [0.15, 0.2) is 4.34 Å². The molecule has 174 valence electrons. The summed E-state index contributed by atoms with van der Waals surface area (Å²) >= 11 is 3.96. The van der Waals surface area contributed by atoms with Crippen molar-refractivity contribution in [1.82, 2.24) is 20.2 Å². The topological polar surface area (TPSA) is 112 Å². The fourth-order valence-corrected chi connectivity index (χ4v) is 7.89. The third-order valence-corrected chi connectivity index (χ3v) is 9.70. The van der Waals surface area contributed by atoms with E-state index in [2.05, 4.69) is 15.3 Å². The summed E-state index contributed by atoms with van der Waals surface area (Å²) in [5.74, 6) is -1.15. The lowest BCUT2D eigenvalue weighted by Crippen LogP contribution is -2.74. The lowest BCUT2D eigenvalue weighted by Gasteiger charge is -2.53. The van der Waals surface area contributed by atoms with Gasteiger partial charge in [-0.15, -0.1) is 23.1 Å². The zero-order valence-electron chi connectivity index (χ0n) is 17.8. The Kier molecular flexibility index (Phi) is 6.32. The van der Waals surface area contributed by atoms with Crippen molar-refractivity contribution >= 4 is 52.6 Å². The van der Waals surface area contributed by atoms with Gasteiger partial charge in [-0.3, -0.25) is 19.4 Å². The number of pyridine rings is 1. The summed E-state index contributed by atoms with van der Waals surface area (Å²) in [4.78, 5) is 47.7. The average Bonchev–Trinajstić information content (AvgIpc) is 3.32. The smallest absolute Gasteiger partial charge is 0.322 e. The van der Waals surface area contributed by atoms with Gasteiger partial charge in [0.25, 0.3) is 0 Å². The Balaban J connectivity index is 1.24. The maximum atomic E-state index is 12.8. The van der Waals surface area contributed by atoms with Crippen LogP contribution in [0.3, 0.4) is 0 Å². The van der Waals surface area contributed by atoms with Crippen LogP contribution >= 0.6 is 34.9 Å². The highest BCUT2D eigenvalue weighted by atomic mass is 32.2. The number of aromatic nitrogens is 2. The predicted molar refractivity (Wildman–Crippen MR) is 132 cm³/mol. The van der Waals surface area contributed by atoms with Crippen LogP contribution in [0, 0.1) is 0 Å².